The highest BCUT2D eigenvalue weighted by Gasteiger charge is 2.17. The van der Waals surface area contributed by atoms with Crippen LogP contribution in [-0.2, 0) is 6.42 Å². The largest absolute Gasteiger partial charge is 0.297 e. The van der Waals surface area contributed by atoms with Crippen molar-refractivity contribution < 1.29 is 4.79 Å². The molecular formula is C16H17ClN6OS. The van der Waals surface area contributed by atoms with Crippen molar-refractivity contribution >= 4 is 34.0 Å². The highest BCUT2D eigenvalue weighted by molar-refractivity contribution is 7.15. The Morgan fingerprint density at radius 2 is 2.04 bits per heavy atom. The van der Waals surface area contributed by atoms with E-state index in [-0.39, 0.29) is 5.82 Å². The molecule has 25 heavy (non-hydrogen) atoms. The number of nitrogens with one attached hydrogen (secondary N) is 1. The number of rotatable bonds is 6. The number of aromatic nitrogens is 5. The summed E-state index contributed by atoms with van der Waals surface area (Å²) in [7, 11) is 0. The third kappa shape index (κ3) is 4.21. The highest BCUT2D eigenvalue weighted by Crippen LogP contribution is 2.18. The Kier molecular flexibility index (Phi) is 5.40. The Labute approximate surface area is 154 Å². The smallest absolute Gasteiger partial charge is 0.294 e. The van der Waals surface area contributed by atoms with Crippen LogP contribution in [0.5, 0.6) is 0 Å². The van der Waals surface area contributed by atoms with E-state index >= 15 is 0 Å². The van der Waals surface area contributed by atoms with E-state index in [2.05, 4.69) is 32.5 Å². The van der Waals surface area contributed by atoms with Gasteiger partial charge >= 0.3 is 0 Å². The lowest BCUT2D eigenvalue weighted by molar-refractivity contribution is 0.101. The number of amides is 1. The molecule has 2 aromatic heterocycles. The van der Waals surface area contributed by atoms with Crippen LogP contribution in [0, 0.1) is 6.92 Å². The Morgan fingerprint density at radius 3 is 2.76 bits per heavy atom. The lowest BCUT2D eigenvalue weighted by atomic mass is 10.3. The van der Waals surface area contributed by atoms with Crippen LogP contribution in [0.1, 0.15) is 41.2 Å². The standard InChI is InChI=1S/C16H17ClN6OS/c1-3-4-5-13-20-21-16(25-13)19-15(24)14-18-10(2)23(22-14)12-8-6-11(17)7-9-12/h6-9H,3-5H2,1-2H3,(H,19,21,24). The average Bonchev–Trinajstić information content (AvgIpc) is 3.20. The Bertz CT molecular complexity index is 873. The number of unbranched alkanes of at least 4 members (excludes halogenated alkanes) is 1. The minimum absolute atomic E-state index is 0.0813. The van der Waals surface area contributed by atoms with Crippen LogP contribution in [0.4, 0.5) is 5.13 Å². The fraction of sp³-hybridized carbons (Fsp3) is 0.312. The van der Waals surface area contributed by atoms with Gasteiger partial charge < -0.3 is 0 Å². The molecule has 0 fully saturated rings. The first kappa shape index (κ1) is 17.5. The second-order valence-electron chi connectivity index (χ2n) is 5.43. The molecule has 2 heterocycles. The topological polar surface area (TPSA) is 85.6 Å². The minimum Gasteiger partial charge on any atom is -0.294 e. The SMILES string of the molecule is CCCCc1nnc(NC(=O)c2nc(C)n(-c3ccc(Cl)cc3)n2)s1. The third-order valence-corrected chi connectivity index (χ3v) is 4.63. The molecule has 1 aromatic carbocycles. The van der Waals surface area contributed by atoms with E-state index in [1.807, 2.05) is 12.1 Å². The predicted octanol–water partition coefficient (Wildman–Crippen LogP) is 3.68. The van der Waals surface area contributed by atoms with Crippen LogP contribution in [0.3, 0.4) is 0 Å². The molecule has 3 aromatic rings. The molecule has 0 aliphatic rings. The maximum Gasteiger partial charge on any atom is 0.297 e. The van der Waals surface area contributed by atoms with Gasteiger partial charge in [0.1, 0.15) is 10.8 Å². The molecule has 0 saturated heterocycles. The van der Waals surface area contributed by atoms with Gasteiger partial charge in [0, 0.05) is 11.4 Å². The second kappa shape index (κ2) is 7.71. The zero-order valence-electron chi connectivity index (χ0n) is 13.9. The number of hydrogen-bond donors (Lipinski definition) is 1. The number of nitrogens with zero attached hydrogens (tertiary/aromatic N) is 5. The molecule has 9 heteroatoms. The molecular weight excluding hydrogens is 360 g/mol. The molecule has 0 aliphatic carbocycles. The van der Waals surface area contributed by atoms with Crippen LogP contribution in [0.25, 0.3) is 5.69 Å². The van der Waals surface area contributed by atoms with Crippen molar-refractivity contribution in [2.45, 2.75) is 33.1 Å². The Morgan fingerprint density at radius 1 is 1.28 bits per heavy atom. The van der Waals surface area contributed by atoms with Gasteiger partial charge in [-0.2, -0.15) is 0 Å². The summed E-state index contributed by atoms with van der Waals surface area (Å²) in [6.07, 6.45) is 3.01. The molecule has 130 valence electrons. The van der Waals surface area contributed by atoms with E-state index in [9.17, 15) is 4.79 Å². The summed E-state index contributed by atoms with van der Waals surface area (Å²) >= 11 is 7.27. The molecule has 0 aliphatic heterocycles. The van der Waals surface area contributed by atoms with Crippen molar-refractivity contribution in [1.82, 2.24) is 25.0 Å². The van der Waals surface area contributed by atoms with E-state index < -0.39 is 5.91 Å². The minimum atomic E-state index is -0.408. The van der Waals surface area contributed by atoms with Gasteiger partial charge in [-0.1, -0.05) is 36.3 Å². The number of aryl methyl sites for hydroxylation is 2. The predicted molar refractivity (Wildman–Crippen MR) is 97.6 cm³/mol. The molecule has 0 spiro atoms. The highest BCUT2D eigenvalue weighted by atomic mass is 35.5. The molecule has 0 atom stereocenters. The van der Waals surface area contributed by atoms with E-state index in [1.54, 1.807) is 23.7 Å². The Balaban J connectivity index is 1.73. The first-order valence-electron chi connectivity index (χ1n) is 7.90. The van der Waals surface area contributed by atoms with Gasteiger partial charge in [-0.3, -0.25) is 10.1 Å². The lowest BCUT2D eigenvalue weighted by Crippen LogP contribution is -2.14. The van der Waals surface area contributed by atoms with Crippen molar-refractivity contribution in [3.05, 3.63) is 45.9 Å². The lowest BCUT2D eigenvalue weighted by Gasteiger charge is -2.02. The van der Waals surface area contributed by atoms with Gasteiger partial charge in [0.05, 0.1) is 5.69 Å². The van der Waals surface area contributed by atoms with Crippen molar-refractivity contribution in [2.75, 3.05) is 5.32 Å². The first-order valence-corrected chi connectivity index (χ1v) is 9.09. The molecule has 0 unspecified atom stereocenters. The molecule has 0 radical (unpaired) electrons. The molecule has 7 nitrogen and oxygen atoms in total. The zero-order valence-corrected chi connectivity index (χ0v) is 15.4. The fourth-order valence-electron chi connectivity index (χ4n) is 2.20. The van der Waals surface area contributed by atoms with Crippen LogP contribution < -0.4 is 5.32 Å². The summed E-state index contributed by atoms with van der Waals surface area (Å²) in [5.74, 6) is 0.278. The summed E-state index contributed by atoms with van der Waals surface area (Å²) in [6, 6.07) is 7.15. The summed E-state index contributed by atoms with van der Waals surface area (Å²) < 4.78 is 1.60. The Hall–Kier alpha value is -2.32. The van der Waals surface area contributed by atoms with Crippen LogP contribution in [0.15, 0.2) is 24.3 Å². The van der Waals surface area contributed by atoms with Crippen molar-refractivity contribution in [1.29, 1.82) is 0 Å². The number of carbonyl (C=O) groups is 1. The van der Waals surface area contributed by atoms with Gasteiger partial charge in [0.2, 0.25) is 11.0 Å². The monoisotopic (exact) mass is 376 g/mol. The average molecular weight is 377 g/mol. The maximum atomic E-state index is 12.4. The molecule has 1 N–H and O–H groups in total. The van der Waals surface area contributed by atoms with Crippen LogP contribution >= 0.6 is 22.9 Å². The molecule has 0 saturated carbocycles. The van der Waals surface area contributed by atoms with Crippen LogP contribution in [-0.4, -0.2) is 30.9 Å². The number of carbonyl (C=O) groups excluding carboxylic acids is 1. The first-order chi connectivity index (χ1) is 12.1. The van der Waals surface area contributed by atoms with E-state index in [4.69, 9.17) is 11.6 Å². The summed E-state index contributed by atoms with van der Waals surface area (Å²) in [5, 5.41) is 17.0. The molecule has 0 bridgehead atoms. The van der Waals surface area contributed by atoms with Crippen molar-refractivity contribution in [2.24, 2.45) is 0 Å². The van der Waals surface area contributed by atoms with Gasteiger partial charge in [0.15, 0.2) is 0 Å². The third-order valence-electron chi connectivity index (χ3n) is 3.47. The fourth-order valence-corrected chi connectivity index (χ4v) is 3.10. The quantitative estimate of drug-likeness (QED) is 0.709. The van der Waals surface area contributed by atoms with Gasteiger partial charge in [-0.25, -0.2) is 9.67 Å². The van der Waals surface area contributed by atoms with Crippen molar-refractivity contribution in [3.8, 4) is 5.69 Å². The van der Waals surface area contributed by atoms with Crippen molar-refractivity contribution in [3.63, 3.8) is 0 Å². The van der Waals surface area contributed by atoms with E-state index in [0.717, 1.165) is 30.0 Å². The van der Waals surface area contributed by atoms with Gasteiger partial charge in [-0.15, -0.1) is 15.3 Å². The van der Waals surface area contributed by atoms with Gasteiger partial charge in [-0.05, 0) is 37.6 Å². The number of anilines is 1. The number of halogens is 1. The van der Waals surface area contributed by atoms with Gasteiger partial charge in [0.25, 0.3) is 5.91 Å². The maximum absolute atomic E-state index is 12.4. The normalized spacial score (nSPS) is 10.8. The molecule has 3 rings (SSSR count). The summed E-state index contributed by atoms with van der Waals surface area (Å²) in [5.41, 5.74) is 0.784. The second-order valence-corrected chi connectivity index (χ2v) is 6.93. The molecule has 1 amide bonds. The van der Waals surface area contributed by atoms with E-state index in [0.29, 0.717) is 16.0 Å². The summed E-state index contributed by atoms with van der Waals surface area (Å²) in [6.45, 7) is 3.90. The number of hydrogen-bond acceptors (Lipinski definition) is 6. The van der Waals surface area contributed by atoms with Crippen LogP contribution in [0.2, 0.25) is 5.02 Å². The van der Waals surface area contributed by atoms with E-state index in [1.165, 1.54) is 11.3 Å². The zero-order chi connectivity index (χ0) is 17.8. The number of benzene rings is 1. The summed E-state index contributed by atoms with van der Waals surface area (Å²) in [4.78, 5) is 16.6.